The van der Waals surface area contributed by atoms with Gasteiger partial charge in [-0.3, -0.25) is 10.5 Å². The van der Waals surface area contributed by atoms with Crippen molar-refractivity contribution in [3.8, 4) is 0 Å². The lowest BCUT2D eigenvalue weighted by atomic mass is 10.8. The van der Waals surface area contributed by atoms with Crippen molar-refractivity contribution in [1.82, 2.24) is 5.73 Å². The molecule has 0 fully saturated rings. The summed E-state index contributed by atoms with van der Waals surface area (Å²) in [6.07, 6.45) is 0. The van der Waals surface area contributed by atoms with Crippen LogP contribution in [0.4, 0.5) is 0 Å². The van der Waals surface area contributed by atoms with Gasteiger partial charge in [-0.25, -0.2) is 0 Å². The Morgan fingerprint density at radius 2 is 1.83 bits per heavy atom. The summed E-state index contributed by atoms with van der Waals surface area (Å²) in [4.78, 5) is 9.72. The van der Waals surface area contributed by atoms with E-state index in [0.717, 1.165) is 0 Å². The smallest absolute Gasteiger partial charge is 0.262 e. The molecule has 35 valence electrons. The van der Waals surface area contributed by atoms with Crippen LogP contribution < -0.4 is 5.73 Å². The molecule has 0 rings (SSSR count). The Balaban J connectivity index is 3.26. The maximum atomic E-state index is 9.72. The number of alkyl halides is 2. The van der Waals surface area contributed by atoms with Gasteiger partial charge in [0.05, 0.1) is 0 Å². The van der Waals surface area contributed by atoms with Crippen LogP contribution in [0.1, 0.15) is 0 Å². The molecule has 4 heteroatoms. The van der Waals surface area contributed by atoms with Gasteiger partial charge in [-0.1, -0.05) is 31.9 Å². The maximum Gasteiger partial charge on any atom is 0.262 e. The standard InChI is InChI=1S/C2H2Br2NO/c3-1(4)2(5)6/h1,5H. The van der Waals surface area contributed by atoms with Crippen LogP contribution in [0.2, 0.25) is 0 Å². The Morgan fingerprint density at radius 3 is 1.83 bits per heavy atom. The highest BCUT2D eigenvalue weighted by atomic mass is 79.9. The lowest BCUT2D eigenvalue weighted by molar-refractivity contribution is -0.116. The fourth-order valence-electron chi connectivity index (χ4n) is 0. The van der Waals surface area contributed by atoms with Crippen LogP contribution in [0.5, 0.6) is 0 Å². The summed E-state index contributed by atoms with van der Waals surface area (Å²) < 4.78 is -0.495. The van der Waals surface area contributed by atoms with Gasteiger partial charge in [0.15, 0.2) is 0 Å². The fraction of sp³-hybridized carbons (Fsp3) is 0.500. The SMILES string of the molecule is [NH]C(=O)C(Br)Br. The van der Waals surface area contributed by atoms with Crippen molar-refractivity contribution in [2.75, 3.05) is 0 Å². The highest BCUT2D eigenvalue weighted by Crippen LogP contribution is 2.05. The molecule has 0 aromatic carbocycles. The maximum absolute atomic E-state index is 9.72. The number of carbonyl (C=O) groups is 1. The van der Waals surface area contributed by atoms with Crippen molar-refractivity contribution in [2.45, 2.75) is 3.74 Å². The number of nitrogens with one attached hydrogen (secondary N) is 1. The molecule has 0 heterocycles. The van der Waals surface area contributed by atoms with Crippen LogP contribution in [0.3, 0.4) is 0 Å². The number of amides is 1. The van der Waals surface area contributed by atoms with Crippen molar-refractivity contribution in [3.05, 3.63) is 0 Å². The van der Waals surface area contributed by atoms with E-state index in [1.54, 1.807) is 0 Å². The summed E-state index contributed by atoms with van der Waals surface area (Å²) in [7, 11) is 0. The first-order valence-electron chi connectivity index (χ1n) is 1.18. The van der Waals surface area contributed by atoms with E-state index in [-0.39, 0.29) is 0 Å². The minimum absolute atomic E-state index is 0.495. The molecule has 0 saturated carbocycles. The van der Waals surface area contributed by atoms with Crippen LogP contribution >= 0.6 is 31.9 Å². The van der Waals surface area contributed by atoms with E-state index >= 15 is 0 Å². The molecule has 2 nitrogen and oxygen atoms in total. The Bertz CT molecular complexity index is 62.6. The molecule has 1 radical (unpaired) electrons. The summed E-state index contributed by atoms with van der Waals surface area (Å²) in [6.45, 7) is 0. The molecule has 6 heavy (non-hydrogen) atoms. The minimum Gasteiger partial charge on any atom is -0.271 e. The average molecular weight is 216 g/mol. The van der Waals surface area contributed by atoms with Crippen LogP contribution in [-0.2, 0) is 4.79 Å². The summed E-state index contributed by atoms with van der Waals surface area (Å²) in [6, 6.07) is 0. The average Bonchev–Trinajstić information content (AvgIpc) is 1.36. The molecule has 0 bridgehead atoms. The second kappa shape index (κ2) is 2.58. The van der Waals surface area contributed by atoms with E-state index in [9.17, 15) is 4.79 Å². The van der Waals surface area contributed by atoms with Gasteiger partial charge < -0.3 is 0 Å². The molecule has 0 spiro atoms. The summed E-state index contributed by atoms with van der Waals surface area (Å²) in [5.41, 5.74) is 6.30. The third-order valence-electron chi connectivity index (χ3n) is 0.198. The predicted molar refractivity (Wildman–Crippen MR) is 29.7 cm³/mol. The number of carbonyl (C=O) groups excluding carboxylic acids is 1. The lowest BCUT2D eigenvalue weighted by Gasteiger charge is -1.84. The van der Waals surface area contributed by atoms with Crippen molar-refractivity contribution in [1.29, 1.82) is 0 Å². The quantitative estimate of drug-likeness (QED) is 0.600. The summed E-state index contributed by atoms with van der Waals surface area (Å²) in [5.74, 6) is -0.657. The second-order valence-corrected chi connectivity index (χ2v) is 3.73. The zero-order chi connectivity index (χ0) is 5.15. The molecule has 0 atom stereocenters. The molecule has 0 aromatic heterocycles. The van der Waals surface area contributed by atoms with E-state index in [4.69, 9.17) is 5.73 Å². The highest BCUT2D eigenvalue weighted by molar-refractivity contribution is 9.25. The van der Waals surface area contributed by atoms with E-state index in [1.807, 2.05) is 0 Å². The van der Waals surface area contributed by atoms with Crippen LogP contribution in [-0.4, -0.2) is 9.64 Å². The Morgan fingerprint density at radius 1 is 1.67 bits per heavy atom. The number of hydrogen-bond acceptors (Lipinski definition) is 1. The first-order valence-corrected chi connectivity index (χ1v) is 3.01. The normalized spacial score (nSPS) is 9.17. The molecular weight excluding hydrogens is 214 g/mol. The van der Waals surface area contributed by atoms with E-state index in [0.29, 0.717) is 0 Å². The van der Waals surface area contributed by atoms with Gasteiger partial charge in [0.1, 0.15) is 3.74 Å². The van der Waals surface area contributed by atoms with Gasteiger partial charge in [-0.05, 0) is 0 Å². The summed E-state index contributed by atoms with van der Waals surface area (Å²) >= 11 is 5.64. The molecule has 0 aliphatic heterocycles. The molecular formula is C2H2Br2NO. The zero-order valence-corrected chi connectivity index (χ0v) is 5.91. The van der Waals surface area contributed by atoms with Crippen molar-refractivity contribution >= 4 is 37.8 Å². The van der Waals surface area contributed by atoms with E-state index < -0.39 is 9.64 Å². The van der Waals surface area contributed by atoms with Gasteiger partial charge in [0, 0.05) is 0 Å². The van der Waals surface area contributed by atoms with Gasteiger partial charge >= 0.3 is 0 Å². The molecule has 0 unspecified atom stereocenters. The topological polar surface area (TPSA) is 40.9 Å². The fourth-order valence-corrected chi connectivity index (χ4v) is 0. The molecule has 0 aromatic rings. The summed E-state index contributed by atoms with van der Waals surface area (Å²) in [5, 5.41) is 0. The molecule has 1 N–H and O–H groups in total. The minimum atomic E-state index is -0.657. The number of halogens is 2. The third-order valence-corrected chi connectivity index (χ3v) is 1.03. The second-order valence-electron chi connectivity index (χ2n) is 0.665. The first-order chi connectivity index (χ1) is 2.64. The molecule has 1 amide bonds. The van der Waals surface area contributed by atoms with Crippen LogP contribution in [0.15, 0.2) is 0 Å². The molecule has 0 saturated heterocycles. The van der Waals surface area contributed by atoms with Gasteiger partial charge in [-0.15, -0.1) is 0 Å². The predicted octanol–water partition coefficient (Wildman–Crippen LogP) is 0.912. The number of hydrogen-bond donors (Lipinski definition) is 0. The lowest BCUT2D eigenvalue weighted by Crippen LogP contribution is -2.05. The van der Waals surface area contributed by atoms with E-state index in [1.165, 1.54) is 0 Å². The zero-order valence-electron chi connectivity index (χ0n) is 2.74. The van der Waals surface area contributed by atoms with E-state index in [2.05, 4.69) is 31.9 Å². The monoisotopic (exact) mass is 214 g/mol. The Labute approximate surface area is 52.3 Å². The highest BCUT2D eigenvalue weighted by Gasteiger charge is 2.02. The molecule has 0 aliphatic carbocycles. The van der Waals surface area contributed by atoms with Crippen LogP contribution in [0, 0.1) is 0 Å². The van der Waals surface area contributed by atoms with Crippen molar-refractivity contribution in [3.63, 3.8) is 0 Å². The largest absolute Gasteiger partial charge is 0.271 e. The Hall–Kier alpha value is 0.430. The van der Waals surface area contributed by atoms with Crippen molar-refractivity contribution in [2.24, 2.45) is 0 Å². The third kappa shape index (κ3) is 2.66. The van der Waals surface area contributed by atoms with Crippen molar-refractivity contribution < 1.29 is 4.79 Å². The Kier molecular flexibility index (Phi) is 2.76. The van der Waals surface area contributed by atoms with Gasteiger partial charge in [0.25, 0.3) is 5.91 Å². The number of rotatable bonds is 1. The van der Waals surface area contributed by atoms with Crippen LogP contribution in [0.25, 0.3) is 0 Å². The van der Waals surface area contributed by atoms with Gasteiger partial charge in [-0.2, -0.15) is 0 Å². The molecule has 0 aliphatic rings. The van der Waals surface area contributed by atoms with Gasteiger partial charge in [0.2, 0.25) is 0 Å². The first kappa shape index (κ1) is 6.43.